The first-order valence-electron chi connectivity index (χ1n) is 10.7. The number of allylic oxidation sites excluding steroid dienone is 1. The molecule has 3 aromatic rings. The lowest BCUT2D eigenvalue weighted by Gasteiger charge is -2.21. The summed E-state index contributed by atoms with van der Waals surface area (Å²) in [5.74, 6) is 0.902. The lowest BCUT2D eigenvalue weighted by molar-refractivity contribution is 0.0928. The Hall–Kier alpha value is -2.90. The minimum Gasteiger partial charge on any atom is -0.342 e. The summed E-state index contributed by atoms with van der Waals surface area (Å²) >= 11 is 7.54. The van der Waals surface area contributed by atoms with Crippen LogP contribution in [0.5, 0.6) is 0 Å². The van der Waals surface area contributed by atoms with E-state index in [0.29, 0.717) is 46.0 Å². The van der Waals surface area contributed by atoms with Crippen LogP contribution in [-0.2, 0) is 6.54 Å². The number of thioether (sulfide) groups is 1. The van der Waals surface area contributed by atoms with Crippen LogP contribution in [0, 0.1) is 5.92 Å². The van der Waals surface area contributed by atoms with Gasteiger partial charge in [0.15, 0.2) is 16.8 Å². The fourth-order valence-electron chi connectivity index (χ4n) is 3.38. The summed E-state index contributed by atoms with van der Waals surface area (Å²) in [5, 5.41) is 12.8. The first-order valence-corrected chi connectivity index (χ1v) is 12.1. The van der Waals surface area contributed by atoms with Gasteiger partial charge in [-0.05, 0) is 24.5 Å². The van der Waals surface area contributed by atoms with E-state index in [1.54, 1.807) is 42.5 Å². The van der Waals surface area contributed by atoms with Gasteiger partial charge >= 0.3 is 0 Å². The number of nitrogens with one attached hydrogen (secondary N) is 1. The van der Waals surface area contributed by atoms with Crippen LogP contribution in [0.1, 0.15) is 52.9 Å². The van der Waals surface area contributed by atoms with Gasteiger partial charge in [-0.25, -0.2) is 0 Å². The number of carbonyl (C=O) groups is 2. The normalized spacial score (nSPS) is 11.9. The van der Waals surface area contributed by atoms with E-state index in [4.69, 9.17) is 11.6 Å². The third-order valence-corrected chi connectivity index (χ3v) is 6.22. The molecule has 0 saturated carbocycles. The second kappa shape index (κ2) is 11.8. The molecular weight excluding hydrogens is 456 g/mol. The molecule has 2 aromatic carbocycles. The number of rotatable bonds is 11. The average Bonchev–Trinajstić information content (AvgIpc) is 3.20. The summed E-state index contributed by atoms with van der Waals surface area (Å²) < 4.78 is 1.90. The van der Waals surface area contributed by atoms with Crippen molar-refractivity contribution in [3.8, 4) is 0 Å². The Morgan fingerprint density at radius 1 is 1.12 bits per heavy atom. The molecule has 1 atom stereocenters. The number of Topliss-reactive ketones (excluding diaryl/α,β-unsaturated/α-hetero) is 1. The summed E-state index contributed by atoms with van der Waals surface area (Å²) in [4.78, 5) is 25.5. The van der Waals surface area contributed by atoms with Crippen molar-refractivity contribution < 1.29 is 9.59 Å². The Kier molecular flexibility index (Phi) is 8.86. The van der Waals surface area contributed by atoms with Crippen LogP contribution in [0.4, 0.5) is 0 Å². The largest absolute Gasteiger partial charge is 0.342 e. The molecule has 0 fully saturated rings. The molecule has 0 radical (unpaired) electrons. The van der Waals surface area contributed by atoms with Crippen molar-refractivity contribution in [1.82, 2.24) is 20.1 Å². The molecule has 0 spiro atoms. The summed E-state index contributed by atoms with van der Waals surface area (Å²) in [6, 6.07) is 15.7. The fraction of sp³-hybridized carbons (Fsp3) is 0.280. The average molecular weight is 483 g/mol. The van der Waals surface area contributed by atoms with Gasteiger partial charge < -0.3 is 9.88 Å². The standard InChI is InChI=1S/C25H27ClN4O2S/c1-4-14-30-23(28-29-25(30)33-16-22(31)18-10-6-5-7-11-18)21(15-17(2)3)27-24(32)19-12-8-9-13-20(19)26/h4-13,17,21H,1,14-16H2,2-3H3,(H,27,32). The maximum Gasteiger partial charge on any atom is 0.253 e. The van der Waals surface area contributed by atoms with E-state index >= 15 is 0 Å². The van der Waals surface area contributed by atoms with E-state index in [1.807, 2.05) is 22.8 Å². The monoisotopic (exact) mass is 482 g/mol. The van der Waals surface area contributed by atoms with E-state index in [9.17, 15) is 9.59 Å². The van der Waals surface area contributed by atoms with Gasteiger partial charge in [0.25, 0.3) is 5.91 Å². The van der Waals surface area contributed by atoms with Gasteiger partial charge in [0.1, 0.15) is 0 Å². The molecular formula is C25H27ClN4O2S. The zero-order valence-corrected chi connectivity index (χ0v) is 20.3. The Balaban J connectivity index is 1.83. The highest BCUT2D eigenvalue weighted by Crippen LogP contribution is 2.26. The number of nitrogens with zero attached hydrogens (tertiary/aromatic N) is 3. The molecule has 8 heteroatoms. The SMILES string of the molecule is C=CCn1c(SCC(=O)c2ccccc2)nnc1C(CC(C)C)NC(=O)c1ccccc1Cl. The van der Waals surface area contributed by atoms with Gasteiger partial charge in [0.2, 0.25) is 0 Å². The van der Waals surface area contributed by atoms with Gasteiger partial charge in [0, 0.05) is 12.1 Å². The van der Waals surface area contributed by atoms with E-state index in [-0.39, 0.29) is 23.5 Å². The van der Waals surface area contributed by atoms with Crippen molar-refractivity contribution in [2.24, 2.45) is 5.92 Å². The number of benzene rings is 2. The Labute approximate surface area is 203 Å². The van der Waals surface area contributed by atoms with Crippen molar-refractivity contribution in [2.45, 2.75) is 38.0 Å². The van der Waals surface area contributed by atoms with Crippen LogP contribution >= 0.6 is 23.4 Å². The molecule has 0 aliphatic carbocycles. The quantitative estimate of drug-likeness (QED) is 0.218. The molecule has 0 aliphatic heterocycles. The number of halogens is 1. The van der Waals surface area contributed by atoms with Crippen molar-refractivity contribution in [3.05, 3.63) is 89.2 Å². The van der Waals surface area contributed by atoms with Crippen molar-refractivity contribution in [1.29, 1.82) is 0 Å². The van der Waals surface area contributed by atoms with Gasteiger partial charge in [0.05, 0.1) is 22.4 Å². The molecule has 1 aromatic heterocycles. The van der Waals surface area contributed by atoms with Crippen LogP contribution in [0.2, 0.25) is 5.02 Å². The highest BCUT2D eigenvalue weighted by molar-refractivity contribution is 7.99. The lowest BCUT2D eigenvalue weighted by Crippen LogP contribution is -2.32. The number of amides is 1. The van der Waals surface area contributed by atoms with E-state index in [2.05, 4.69) is 35.9 Å². The number of carbonyl (C=O) groups excluding carboxylic acids is 2. The van der Waals surface area contributed by atoms with Crippen LogP contribution in [0.3, 0.4) is 0 Å². The molecule has 33 heavy (non-hydrogen) atoms. The topological polar surface area (TPSA) is 76.9 Å². The zero-order chi connectivity index (χ0) is 23.8. The predicted molar refractivity (Wildman–Crippen MR) is 133 cm³/mol. The highest BCUT2D eigenvalue weighted by Gasteiger charge is 2.25. The van der Waals surface area contributed by atoms with Crippen LogP contribution in [-0.4, -0.2) is 32.2 Å². The smallest absolute Gasteiger partial charge is 0.253 e. The summed E-state index contributed by atoms with van der Waals surface area (Å²) in [7, 11) is 0. The zero-order valence-electron chi connectivity index (χ0n) is 18.7. The minimum absolute atomic E-state index is 0.0149. The number of hydrogen-bond donors (Lipinski definition) is 1. The Morgan fingerprint density at radius 3 is 2.48 bits per heavy atom. The van der Waals surface area contributed by atoms with Gasteiger partial charge in [-0.15, -0.1) is 16.8 Å². The van der Waals surface area contributed by atoms with E-state index < -0.39 is 0 Å². The molecule has 0 saturated heterocycles. The first kappa shape index (κ1) is 24.7. The van der Waals surface area contributed by atoms with Crippen LogP contribution in [0.25, 0.3) is 0 Å². The molecule has 0 bridgehead atoms. The van der Waals surface area contributed by atoms with Crippen LogP contribution in [0.15, 0.2) is 72.4 Å². The number of hydrogen-bond acceptors (Lipinski definition) is 5. The van der Waals surface area contributed by atoms with E-state index in [0.717, 1.165) is 0 Å². The Bertz CT molecular complexity index is 1110. The van der Waals surface area contributed by atoms with Crippen molar-refractivity contribution in [2.75, 3.05) is 5.75 Å². The van der Waals surface area contributed by atoms with Crippen molar-refractivity contribution >= 4 is 35.1 Å². The molecule has 1 heterocycles. The number of ketones is 1. The molecule has 1 amide bonds. The van der Waals surface area contributed by atoms with E-state index in [1.165, 1.54) is 11.8 Å². The predicted octanol–water partition coefficient (Wildman–Crippen LogP) is 5.61. The minimum atomic E-state index is -0.375. The van der Waals surface area contributed by atoms with Gasteiger partial charge in [-0.1, -0.05) is 85.8 Å². The molecule has 6 nitrogen and oxygen atoms in total. The second-order valence-electron chi connectivity index (χ2n) is 7.95. The number of aromatic nitrogens is 3. The van der Waals surface area contributed by atoms with Gasteiger partial charge in [-0.3, -0.25) is 9.59 Å². The highest BCUT2D eigenvalue weighted by atomic mass is 35.5. The third kappa shape index (κ3) is 6.55. The molecule has 172 valence electrons. The molecule has 1 unspecified atom stereocenters. The van der Waals surface area contributed by atoms with Crippen LogP contribution < -0.4 is 5.32 Å². The first-order chi connectivity index (χ1) is 15.9. The third-order valence-electron chi connectivity index (χ3n) is 4.93. The Morgan fingerprint density at radius 2 is 1.82 bits per heavy atom. The lowest BCUT2D eigenvalue weighted by atomic mass is 10.0. The molecule has 1 N–H and O–H groups in total. The second-order valence-corrected chi connectivity index (χ2v) is 9.30. The van der Waals surface area contributed by atoms with Crippen molar-refractivity contribution in [3.63, 3.8) is 0 Å². The molecule has 3 rings (SSSR count). The molecule has 0 aliphatic rings. The summed E-state index contributed by atoms with van der Waals surface area (Å²) in [6.07, 6.45) is 2.41. The maximum atomic E-state index is 13.0. The summed E-state index contributed by atoms with van der Waals surface area (Å²) in [5.41, 5.74) is 1.07. The maximum absolute atomic E-state index is 13.0. The van der Waals surface area contributed by atoms with Gasteiger partial charge in [-0.2, -0.15) is 0 Å². The fourth-order valence-corrected chi connectivity index (χ4v) is 4.46. The summed E-state index contributed by atoms with van der Waals surface area (Å²) in [6.45, 7) is 8.46.